The molecule has 8 heteroatoms. The molecule has 1 fully saturated rings. The summed E-state index contributed by atoms with van der Waals surface area (Å²) in [5, 5.41) is 4.11. The zero-order valence-electron chi connectivity index (χ0n) is 17.1. The van der Waals surface area contributed by atoms with Crippen molar-refractivity contribution in [3.05, 3.63) is 17.7 Å². The van der Waals surface area contributed by atoms with E-state index >= 15 is 0 Å². The number of hydrogen-bond donors (Lipinski definition) is 1. The Balaban J connectivity index is 0.00000364. The summed E-state index contributed by atoms with van der Waals surface area (Å²) in [6.45, 7) is 7.20. The maximum Gasteiger partial charge on any atom is 0.203 e. The molecular formula is C19H32IN3O3S. The monoisotopic (exact) mass is 509 g/mol. The lowest BCUT2D eigenvalue weighted by atomic mass is 10.1. The predicted molar refractivity (Wildman–Crippen MR) is 124 cm³/mol. The number of methoxy groups -OCH3 is 3. The summed E-state index contributed by atoms with van der Waals surface area (Å²) < 4.78 is 16.4. The van der Waals surface area contributed by atoms with E-state index in [1.54, 1.807) is 21.3 Å². The molecule has 2 rings (SSSR count). The zero-order valence-corrected chi connectivity index (χ0v) is 20.2. The van der Waals surface area contributed by atoms with Gasteiger partial charge in [-0.2, -0.15) is 11.8 Å². The maximum atomic E-state index is 5.57. The highest BCUT2D eigenvalue weighted by atomic mass is 127. The molecule has 1 heterocycles. The normalized spacial score (nSPS) is 17.4. The molecule has 1 unspecified atom stereocenters. The number of halogens is 1. The van der Waals surface area contributed by atoms with Crippen LogP contribution in [0, 0.1) is 5.92 Å². The quantitative estimate of drug-likeness (QED) is 0.360. The fraction of sp³-hybridized carbons (Fsp3) is 0.632. The van der Waals surface area contributed by atoms with E-state index in [0.717, 1.165) is 30.4 Å². The van der Waals surface area contributed by atoms with Gasteiger partial charge in [-0.25, -0.2) is 0 Å². The van der Waals surface area contributed by atoms with E-state index in [0.29, 0.717) is 35.0 Å². The van der Waals surface area contributed by atoms with Crippen LogP contribution in [0.1, 0.15) is 19.4 Å². The van der Waals surface area contributed by atoms with Gasteiger partial charge < -0.3 is 24.4 Å². The lowest BCUT2D eigenvalue weighted by Crippen LogP contribution is -2.48. The van der Waals surface area contributed by atoms with Crippen LogP contribution >= 0.6 is 35.7 Å². The van der Waals surface area contributed by atoms with Crippen LogP contribution in [0.5, 0.6) is 17.2 Å². The van der Waals surface area contributed by atoms with Crippen LogP contribution in [0.2, 0.25) is 0 Å². The molecule has 0 aromatic heterocycles. The average Bonchev–Trinajstić information content (AvgIpc) is 2.67. The number of hydrogen-bond acceptors (Lipinski definition) is 5. The second-order valence-corrected chi connectivity index (χ2v) is 7.84. The van der Waals surface area contributed by atoms with Crippen molar-refractivity contribution in [1.82, 2.24) is 10.2 Å². The van der Waals surface area contributed by atoms with Gasteiger partial charge in [-0.1, -0.05) is 13.8 Å². The first-order chi connectivity index (χ1) is 12.5. The lowest BCUT2D eigenvalue weighted by molar-refractivity contribution is 0.321. The first-order valence-electron chi connectivity index (χ1n) is 8.90. The summed E-state index contributed by atoms with van der Waals surface area (Å²) in [6.07, 6.45) is 0. The minimum Gasteiger partial charge on any atom is -0.493 e. The molecule has 1 saturated heterocycles. The molecule has 1 aliphatic rings. The summed E-state index contributed by atoms with van der Waals surface area (Å²) in [5.74, 6) is 4.66. The summed E-state index contributed by atoms with van der Waals surface area (Å²) in [4.78, 5) is 6.82. The van der Waals surface area contributed by atoms with E-state index in [4.69, 9.17) is 14.2 Å². The average molecular weight is 509 g/mol. The highest BCUT2D eigenvalue weighted by Gasteiger charge is 2.25. The second kappa shape index (κ2) is 11.7. The highest BCUT2D eigenvalue weighted by Crippen LogP contribution is 2.39. The molecule has 1 aliphatic heterocycles. The largest absolute Gasteiger partial charge is 0.493 e. The fourth-order valence-electron chi connectivity index (χ4n) is 3.08. The molecule has 27 heavy (non-hydrogen) atoms. The molecule has 1 aromatic carbocycles. The van der Waals surface area contributed by atoms with Gasteiger partial charge in [-0.05, 0) is 18.1 Å². The topological polar surface area (TPSA) is 55.3 Å². The number of aliphatic imine (C=N–C) groups is 1. The van der Waals surface area contributed by atoms with Crippen LogP contribution in [0.15, 0.2) is 17.1 Å². The van der Waals surface area contributed by atoms with Crippen molar-refractivity contribution in [3.63, 3.8) is 0 Å². The van der Waals surface area contributed by atoms with Gasteiger partial charge in [-0.3, -0.25) is 4.99 Å². The predicted octanol–water partition coefficient (Wildman–Crippen LogP) is 3.48. The minimum atomic E-state index is 0. The molecule has 1 atom stereocenters. The molecule has 1 aromatic rings. The van der Waals surface area contributed by atoms with Crippen LogP contribution in [-0.2, 0) is 6.54 Å². The van der Waals surface area contributed by atoms with Gasteiger partial charge >= 0.3 is 0 Å². The number of guanidine groups is 1. The standard InChI is InChI=1S/C19H31N3O3S.HI/c1-13(2)16-12-22(9-10-26-16)19(20-3)21-11-14-7-8-15(23-4)18(25-6)17(14)24-5;/h7-8,13,16H,9-12H2,1-6H3,(H,20,21);1H. The van der Waals surface area contributed by atoms with Crippen molar-refractivity contribution in [2.45, 2.75) is 25.6 Å². The highest BCUT2D eigenvalue weighted by molar-refractivity contribution is 14.0. The Morgan fingerprint density at radius 2 is 1.93 bits per heavy atom. The van der Waals surface area contributed by atoms with Crippen molar-refractivity contribution < 1.29 is 14.2 Å². The Kier molecular flexibility index (Phi) is 10.4. The van der Waals surface area contributed by atoms with E-state index in [-0.39, 0.29) is 24.0 Å². The second-order valence-electron chi connectivity index (χ2n) is 6.49. The molecule has 0 spiro atoms. The molecule has 0 aliphatic carbocycles. The third-order valence-electron chi connectivity index (χ3n) is 4.57. The minimum absolute atomic E-state index is 0. The van der Waals surface area contributed by atoms with Gasteiger partial charge in [0.25, 0.3) is 0 Å². The van der Waals surface area contributed by atoms with Crippen molar-refractivity contribution in [1.29, 1.82) is 0 Å². The SMILES string of the molecule is CN=C(NCc1ccc(OC)c(OC)c1OC)N1CCSC(C(C)C)C1.I. The number of thioether (sulfide) groups is 1. The number of nitrogens with one attached hydrogen (secondary N) is 1. The Morgan fingerprint density at radius 3 is 2.48 bits per heavy atom. The molecule has 0 amide bonds. The van der Waals surface area contributed by atoms with Gasteiger partial charge in [0.1, 0.15) is 0 Å². The van der Waals surface area contributed by atoms with Crippen LogP contribution < -0.4 is 19.5 Å². The molecule has 1 N–H and O–H groups in total. The number of rotatable bonds is 6. The smallest absolute Gasteiger partial charge is 0.203 e. The van der Waals surface area contributed by atoms with Crippen LogP contribution in [0.4, 0.5) is 0 Å². The summed E-state index contributed by atoms with van der Waals surface area (Å²) in [7, 11) is 6.72. The molecule has 0 saturated carbocycles. The van der Waals surface area contributed by atoms with E-state index in [1.165, 1.54) is 0 Å². The Hall–Kier alpha value is -1.03. The van der Waals surface area contributed by atoms with E-state index in [2.05, 4.69) is 40.8 Å². The number of benzene rings is 1. The van der Waals surface area contributed by atoms with Crippen molar-refractivity contribution in [2.24, 2.45) is 10.9 Å². The molecule has 154 valence electrons. The molecule has 0 bridgehead atoms. The van der Waals surface area contributed by atoms with E-state index in [1.807, 2.05) is 19.2 Å². The van der Waals surface area contributed by atoms with Crippen LogP contribution in [0.3, 0.4) is 0 Å². The summed E-state index contributed by atoms with van der Waals surface area (Å²) >= 11 is 2.06. The van der Waals surface area contributed by atoms with Gasteiger partial charge in [0.05, 0.1) is 21.3 Å². The van der Waals surface area contributed by atoms with Gasteiger partial charge in [-0.15, -0.1) is 24.0 Å². The Labute approximate surface area is 184 Å². The molecular weight excluding hydrogens is 477 g/mol. The van der Waals surface area contributed by atoms with Crippen molar-refractivity contribution >= 4 is 41.7 Å². The van der Waals surface area contributed by atoms with Crippen molar-refractivity contribution in [3.8, 4) is 17.2 Å². The van der Waals surface area contributed by atoms with Gasteiger partial charge in [0.15, 0.2) is 17.5 Å². The number of nitrogens with zero attached hydrogens (tertiary/aromatic N) is 2. The van der Waals surface area contributed by atoms with Gasteiger partial charge in [0, 0.05) is 43.2 Å². The van der Waals surface area contributed by atoms with Gasteiger partial charge in [0.2, 0.25) is 5.75 Å². The van der Waals surface area contributed by atoms with Crippen LogP contribution in [-0.4, -0.2) is 63.3 Å². The van der Waals surface area contributed by atoms with Crippen molar-refractivity contribution in [2.75, 3.05) is 47.2 Å². The first kappa shape index (κ1) is 24.0. The Bertz CT molecular complexity index is 628. The molecule has 0 radical (unpaired) electrons. The number of ether oxygens (including phenoxy) is 3. The maximum absolute atomic E-state index is 5.57. The van der Waals surface area contributed by atoms with E-state index < -0.39 is 0 Å². The van der Waals surface area contributed by atoms with Crippen LogP contribution in [0.25, 0.3) is 0 Å². The zero-order chi connectivity index (χ0) is 19.1. The Morgan fingerprint density at radius 1 is 1.22 bits per heavy atom. The molecule has 6 nitrogen and oxygen atoms in total. The third-order valence-corrected chi connectivity index (χ3v) is 6.11. The lowest BCUT2D eigenvalue weighted by Gasteiger charge is -2.36. The first-order valence-corrected chi connectivity index (χ1v) is 9.95. The summed E-state index contributed by atoms with van der Waals surface area (Å²) in [5.41, 5.74) is 0.998. The fourth-order valence-corrected chi connectivity index (χ4v) is 4.38. The van der Waals surface area contributed by atoms with E-state index in [9.17, 15) is 0 Å². The summed E-state index contributed by atoms with van der Waals surface area (Å²) in [6, 6.07) is 3.89. The third kappa shape index (κ3) is 5.97.